The third-order valence-electron chi connectivity index (χ3n) is 7.20. The fourth-order valence-corrected chi connectivity index (χ4v) is 5.49. The van der Waals surface area contributed by atoms with Crippen LogP contribution in [0.1, 0.15) is 50.2 Å². The van der Waals surface area contributed by atoms with E-state index in [1.54, 1.807) is 30.3 Å². The van der Waals surface area contributed by atoms with Crippen LogP contribution >= 0.6 is 0 Å². The van der Waals surface area contributed by atoms with Gasteiger partial charge in [-0.1, -0.05) is 30.3 Å². The molecule has 6 atom stereocenters. The summed E-state index contributed by atoms with van der Waals surface area (Å²) in [6.07, 6.45) is -0.419. The first-order chi connectivity index (χ1) is 16.2. The average Bonchev–Trinajstić information content (AvgIpc) is 2.83. The van der Waals surface area contributed by atoms with Crippen molar-refractivity contribution in [3.63, 3.8) is 0 Å². The third kappa shape index (κ3) is 4.62. The van der Waals surface area contributed by atoms with Crippen LogP contribution in [-0.2, 0) is 14.4 Å². The van der Waals surface area contributed by atoms with Crippen LogP contribution in [0.25, 0.3) is 0 Å². The number of amides is 3. The number of nitriles is 1. The summed E-state index contributed by atoms with van der Waals surface area (Å²) in [6.45, 7) is 0.556. The number of benzene rings is 1. The summed E-state index contributed by atoms with van der Waals surface area (Å²) < 4.78 is 29.6. The van der Waals surface area contributed by atoms with Gasteiger partial charge in [-0.3, -0.25) is 14.4 Å². The summed E-state index contributed by atoms with van der Waals surface area (Å²) >= 11 is 0. The largest absolute Gasteiger partial charge is 0.378 e. The van der Waals surface area contributed by atoms with E-state index in [1.165, 1.54) is 0 Å². The van der Waals surface area contributed by atoms with Gasteiger partial charge < -0.3 is 20.6 Å². The van der Waals surface area contributed by atoms with E-state index in [0.717, 1.165) is 11.3 Å². The molecule has 34 heavy (non-hydrogen) atoms. The molecule has 0 unspecified atom stereocenters. The van der Waals surface area contributed by atoms with Crippen molar-refractivity contribution >= 4 is 17.7 Å². The molecule has 182 valence electrons. The molecule has 3 N–H and O–H groups in total. The van der Waals surface area contributed by atoms with E-state index in [2.05, 4.69) is 10.6 Å². The van der Waals surface area contributed by atoms with Gasteiger partial charge in [-0.25, -0.2) is 8.78 Å². The second-order valence-electron chi connectivity index (χ2n) is 9.36. The Bertz CT molecular complexity index is 983. The highest BCUT2D eigenvalue weighted by atomic mass is 19.3. The average molecular weight is 475 g/mol. The van der Waals surface area contributed by atoms with Gasteiger partial charge in [0, 0.05) is 24.9 Å². The topological polar surface area (TPSA) is 123 Å². The van der Waals surface area contributed by atoms with Crippen molar-refractivity contribution in [1.82, 2.24) is 15.5 Å². The molecule has 1 aromatic rings. The molecule has 0 spiro atoms. The summed E-state index contributed by atoms with van der Waals surface area (Å²) in [5.41, 5.74) is 0.304. The number of hydrogen-bond acceptors (Lipinski definition) is 5. The molecule has 3 amide bonds. The Hall–Kier alpha value is -3.06. The zero-order valence-corrected chi connectivity index (χ0v) is 18.6. The van der Waals surface area contributed by atoms with E-state index in [4.69, 9.17) is 0 Å². The van der Waals surface area contributed by atoms with E-state index in [0.29, 0.717) is 24.9 Å². The number of nitrogens with one attached hydrogen (secondary N) is 2. The third-order valence-corrected chi connectivity index (χ3v) is 7.20. The molecule has 1 saturated carbocycles. The molecule has 4 aliphatic rings. The van der Waals surface area contributed by atoms with Gasteiger partial charge in [-0.15, -0.1) is 0 Å². The number of aliphatic hydroxyl groups is 1. The number of nitrogens with zero attached hydrogens (tertiary/aromatic N) is 2. The Balaban J connectivity index is 1.56. The highest BCUT2D eigenvalue weighted by molar-refractivity contribution is 5.91. The number of piperidine rings is 3. The monoisotopic (exact) mass is 474 g/mol. The number of aliphatic hydroxyl groups excluding tert-OH is 1. The van der Waals surface area contributed by atoms with Crippen LogP contribution in [0.2, 0.25) is 0 Å². The van der Waals surface area contributed by atoms with Crippen LogP contribution in [0.15, 0.2) is 30.3 Å². The first-order valence-electron chi connectivity index (χ1n) is 11.6. The maximum absolute atomic E-state index is 14.8. The van der Waals surface area contributed by atoms with Crippen molar-refractivity contribution in [2.75, 3.05) is 6.54 Å². The summed E-state index contributed by atoms with van der Waals surface area (Å²) in [5, 5.41) is 25.5. The predicted octanol–water partition coefficient (Wildman–Crippen LogP) is 1.66. The minimum atomic E-state index is -3.15. The lowest BCUT2D eigenvalue weighted by Crippen LogP contribution is -2.69. The van der Waals surface area contributed by atoms with E-state index in [-0.39, 0.29) is 18.7 Å². The highest BCUT2D eigenvalue weighted by Gasteiger charge is 2.61. The van der Waals surface area contributed by atoms with Crippen molar-refractivity contribution in [2.45, 2.75) is 68.7 Å². The normalized spacial score (nSPS) is 29.5. The van der Waals surface area contributed by atoms with Gasteiger partial charge in [0.05, 0.1) is 12.0 Å². The number of carbonyl (C=O) groups excluding carboxylic acids is 3. The smallest absolute Gasteiger partial charge is 0.256 e. The Morgan fingerprint density at radius 3 is 2.65 bits per heavy atom. The molecule has 4 fully saturated rings. The van der Waals surface area contributed by atoms with Crippen molar-refractivity contribution in [2.24, 2.45) is 11.8 Å². The fourth-order valence-electron chi connectivity index (χ4n) is 5.49. The van der Waals surface area contributed by atoms with Crippen LogP contribution in [-0.4, -0.2) is 58.3 Å². The van der Waals surface area contributed by atoms with E-state index in [1.807, 2.05) is 6.07 Å². The second-order valence-corrected chi connectivity index (χ2v) is 9.36. The van der Waals surface area contributed by atoms with Crippen LogP contribution < -0.4 is 10.6 Å². The number of carbonyl (C=O) groups is 3. The lowest BCUT2D eigenvalue weighted by atomic mass is 9.71. The van der Waals surface area contributed by atoms with Gasteiger partial charge >= 0.3 is 0 Å². The zero-order chi connectivity index (χ0) is 24.5. The molecule has 1 aromatic carbocycles. The Labute approximate surface area is 196 Å². The molecule has 3 heterocycles. The highest BCUT2D eigenvalue weighted by Crippen LogP contribution is 2.49. The minimum Gasteiger partial charge on any atom is -0.378 e. The lowest BCUT2D eigenvalue weighted by molar-refractivity contribution is -0.198. The first kappa shape index (κ1) is 24.1. The van der Waals surface area contributed by atoms with Crippen LogP contribution in [0.4, 0.5) is 8.78 Å². The van der Waals surface area contributed by atoms with E-state index >= 15 is 0 Å². The summed E-state index contributed by atoms with van der Waals surface area (Å²) in [5.74, 6) is -6.89. The Morgan fingerprint density at radius 1 is 1.26 bits per heavy atom. The Kier molecular flexibility index (Phi) is 6.84. The van der Waals surface area contributed by atoms with E-state index in [9.17, 15) is 33.5 Å². The van der Waals surface area contributed by atoms with Crippen molar-refractivity contribution in [3.8, 4) is 6.07 Å². The molecule has 2 bridgehead atoms. The summed E-state index contributed by atoms with van der Waals surface area (Å²) in [4.78, 5) is 39.7. The zero-order valence-electron chi connectivity index (χ0n) is 18.6. The number of rotatable bonds is 6. The van der Waals surface area contributed by atoms with Crippen LogP contribution in [0.5, 0.6) is 0 Å². The van der Waals surface area contributed by atoms with Crippen LogP contribution in [0, 0.1) is 23.2 Å². The van der Waals surface area contributed by atoms with E-state index < -0.39 is 60.2 Å². The number of alkyl halides is 2. The van der Waals surface area contributed by atoms with Crippen molar-refractivity contribution < 1.29 is 28.3 Å². The van der Waals surface area contributed by atoms with Crippen LogP contribution in [0.3, 0.4) is 0 Å². The maximum atomic E-state index is 14.8. The minimum absolute atomic E-state index is 0.0587. The standard InChI is InChI=1S/C24H28F2N4O4/c25-24(26)12-17-8-9-18(24)19(30(17)23(34)20(31)14-5-2-1-3-6-14)22(33)29-16(13-27)11-15-7-4-10-28-21(15)32/h1-3,5-6,15-20,31H,4,7-12H2,(H,28,32)(H,29,33)/t15-,16+,17-,18-,19-,20-/m1/s1. The quantitative estimate of drug-likeness (QED) is 0.579. The lowest BCUT2D eigenvalue weighted by Gasteiger charge is -2.54. The van der Waals surface area contributed by atoms with Gasteiger partial charge in [-0.05, 0) is 37.7 Å². The molecule has 0 aromatic heterocycles. The number of fused-ring (bicyclic) bond motifs is 3. The molecular weight excluding hydrogens is 446 g/mol. The van der Waals surface area contributed by atoms with Crippen molar-refractivity contribution in [3.05, 3.63) is 35.9 Å². The van der Waals surface area contributed by atoms with Gasteiger partial charge in [0.1, 0.15) is 12.1 Å². The molecule has 3 saturated heterocycles. The second kappa shape index (κ2) is 9.66. The molecule has 5 rings (SSSR count). The predicted molar refractivity (Wildman–Crippen MR) is 116 cm³/mol. The SMILES string of the molecule is N#C[C@H](C[C@H]1CCCNC1=O)NC(=O)[C@H]1[C@H]2CC[C@H](CC2(F)F)N1C(=O)[C@H](O)c1ccccc1. The number of halogens is 2. The van der Waals surface area contributed by atoms with Gasteiger partial charge in [0.15, 0.2) is 6.10 Å². The molecule has 3 aliphatic heterocycles. The maximum Gasteiger partial charge on any atom is 0.256 e. The number of hydrogen-bond donors (Lipinski definition) is 3. The molecule has 8 nitrogen and oxygen atoms in total. The Morgan fingerprint density at radius 2 is 2.00 bits per heavy atom. The molecule has 1 aliphatic carbocycles. The molecule has 0 radical (unpaired) electrons. The fraction of sp³-hybridized carbons (Fsp3) is 0.583. The van der Waals surface area contributed by atoms with Gasteiger partial charge in [0.25, 0.3) is 11.8 Å². The summed E-state index contributed by atoms with van der Waals surface area (Å²) in [7, 11) is 0. The van der Waals surface area contributed by atoms with Gasteiger partial charge in [0.2, 0.25) is 11.8 Å². The molecular formula is C24H28F2N4O4. The van der Waals surface area contributed by atoms with Gasteiger partial charge in [-0.2, -0.15) is 5.26 Å². The molecule has 10 heteroatoms. The summed E-state index contributed by atoms with van der Waals surface area (Å²) in [6, 6.07) is 6.58. The van der Waals surface area contributed by atoms with Crippen molar-refractivity contribution in [1.29, 1.82) is 5.26 Å². The first-order valence-corrected chi connectivity index (χ1v) is 11.6.